The lowest BCUT2D eigenvalue weighted by Crippen LogP contribution is -2.34. The Labute approximate surface area is 188 Å². The fourth-order valence-corrected chi connectivity index (χ4v) is 4.37. The molecule has 4 heterocycles. The predicted molar refractivity (Wildman–Crippen MR) is 115 cm³/mol. The van der Waals surface area contributed by atoms with Crippen molar-refractivity contribution in [2.75, 3.05) is 13.1 Å². The molecule has 0 fully saturated rings. The van der Waals surface area contributed by atoms with Crippen LogP contribution in [0.3, 0.4) is 0 Å². The third-order valence-electron chi connectivity index (χ3n) is 5.22. The maximum atomic E-state index is 12.1. The number of nitrogens with one attached hydrogen (secondary N) is 1. The number of aromatic amines is 1. The summed E-state index contributed by atoms with van der Waals surface area (Å²) >= 11 is 1.71. The first-order chi connectivity index (χ1) is 15.7. The van der Waals surface area contributed by atoms with E-state index in [1.54, 1.807) is 15.9 Å². The van der Waals surface area contributed by atoms with Gasteiger partial charge in [-0.25, -0.2) is 9.59 Å². The minimum atomic E-state index is -5.08. The first-order valence-electron chi connectivity index (χ1n) is 9.95. The molecule has 0 bridgehead atoms. The number of aliphatic carboxylic acids is 1. The molecule has 3 aromatic heterocycles. The summed E-state index contributed by atoms with van der Waals surface area (Å²) in [5.41, 5.74) is 5.08. The van der Waals surface area contributed by atoms with Crippen LogP contribution >= 0.6 is 11.3 Å². The lowest BCUT2D eigenvalue weighted by Gasteiger charge is -2.26. The third-order valence-corrected chi connectivity index (χ3v) is 6.10. The molecule has 0 amide bonds. The number of alkyl halides is 3. The number of oxazole rings is 1. The molecule has 0 unspecified atom stereocenters. The standard InChI is InChI=1S/C19H18N4O2S.C2HF3O2/c24-19-23(15-4-1-2-5-16(15)25-19)10-9-22-8-7-14-13(12-22)18(21-20-14)17-6-3-11-26-17;3-2(4,5)1(6)7/h1-6,11H,7-10,12H2,(H,20,21);(H,6,7). The van der Waals surface area contributed by atoms with E-state index in [9.17, 15) is 18.0 Å². The zero-order valence-corrected chi connectivity index (χ0v) is 17.9. The molecular weight excluding hydrogens is 461 g/mol. The van der Waals surface area contributed by atoms with E-state index in [4.69, 9.17) is 14.3 Å². The number of para-hydroxylation sites is 2. The van der Waals surface area contributed by atoms with E-state index in [-0.39, 0.29) is 5.76 Å². The Balaban J connectivity index is 0.000000325. The number of fused-ring (bicyclic) bond motifs is 2. The summed E-state index contributed by atoms with van der Waals surface area (Å²) in [4.78, 5) is 24.6. The van der Waals surface area contributed by atoms with Gasteiger partial charge in [0, 0.05) is 43.9 Å². The fraction of sp³-hybridized carbons (Fsp3) is 0.286. The summed E-state index contributed by atoms with van der Waals surface area (Å²) in [5, 5.41) is 16.9. The average molecular weight is 480 g/mol. The second-order valence-electron chi connectivity index (χ2n) is 7.32. The highest BCUT2D eigenvalue weighted by atomic mass is 32.1. The number of halogens is 3. The molecule has 1 aliphatic heterocycles. The van der Waals surface area contributed by atoms with Gasteiger partial charge in [0.05, 0.1) is 10.4 Å². The van der Waals surface area contributed by atoms with E-state index in [1.165, 1.54) is 16.1 Å². The smallest absolute Gasteiger partial charge is 0.475 e. The number of aromatic nitrogens is 3. The number of H-pyrrole nitrogens is 1. The quantitative estimate of drug-likeness (QED) is 0.461. The molecule has 174 valence electrons. The van der Waals surface area contributed by atoms with Gasteiger partial charge in [0.25, 0.3) is 0 Å². The second kappa shape index (κ2) is 9.24. The number of benzene rings is 1. The number of carboxylic acids is 1. The fourth-order valence-electron chi connectivity index (χ4n) is 3.63. The van der Waals surface area contributed by atoms with Crippen LogP contribution in [0.25, 0.3) is 21.7 Å². The van der Waals surface area contributed by atoms with Gasteiger partial charge in [-0.05, 0) is 23.6 Å². The van der Waals surface area contributed by atoms with Crippen LogP contribution in [0.15, 0.2) is 51.0 Å². The molecule has 0 saturated carbocycles. The molecule has 0 spiro atoms. The lowest BCUT2D eigenvalue weighted by molar-refractivity contribution is -0.192. The highest BCUT2D eigenvalue weighted by molar-refractivity contribution is 7.13. The molecule has 4 aromatic rings. The summed E-state index contributed by atoms with van der Waals surface area (Å²) < 4.78 is 38.8. The molecule has 5 rings (SSSR count). The Kier molecular flexibility index (Phi) is 6.38. The zero-order chi connectivity index (χ0) is 23.6. The van der Waals surface area contributed by atoms with Gasteiger partial charge in [-0.3, -0.25) is 14.6 Å². The highest BCUT2D eigenvalue weighted by Gasteiger charge is 2.38. The van der Waals surface area contributed by atoms with E-state index in [2.05, 4.69) is 32.6 Å². The van der Waals surface area contributed by atoms with Crippen LogP contribution in [0.1, 0.15) is 11.3 Å². The van der Waals surface area contributed by atoms with E-state index in [1.807, 2.05) is 24.3 Å². The average Bonchev–Trinajstić information content (AvgIpc) is 3.50. The van der Waals surface area contributed by atoms with Gasteiger partial charge in [-0.15, -0.1) is 11.3 Å². The second-order valence-corrected chi connectivity index (χ2v) is 8.27. The number of carbonyl (C=O) groups is 1. The van der Waals surface area contributed by atoms with Crippen molar-refractivity contribution in [3.8, 4) is 10.6 Å². The maximum Gasteiger partial charge on any atom is 0.490 e. The summed E-state index contributed by atoms with van der Waals surface area (Å²) in [5.74, 6) is -3.04. The van der Waals surface area contributed by atoms with Gasteiger partial charge in [0.2, 0.25) is 0 Å². The van der Waals surface area contributed by atoms with Crippen LogP contribution in [-0.2, 0) is 24.3 Å². The van der Waals surface area contributed by atoms with E-state index in [0.717, 1.165) is 37.3 Å². The van der Waals surface area contributed by atoms with Crippen LogP contribution in [0.4, 0.5) is 13.2 Å². The Bertz CT molecular complexity index is 1310. The normalized spacial score (nSPS) is 14.0. The molecule has 0 aliphatic carbocycles. The lowest BCUT2D eigenvalue weighted by atomic mass is 10.0. The molecular formula is C21H19F3N4O4S. The molecule has 2 N–H and O–H groups in total. The Morgan fingerprint density at radius 2 is 1.97 bits per heavy atom. The largest absolute Gasteiger partial charge is 0.490 e. The molecule has 1 aromatic carbocycles. The minimum absolute atomic E-state index is 0.286. The maximum absolute atomic E-state index is 12.1. The molecule has 33 heavy (non-hydrogen) atoms. The van der Waals surface area contributed by atoms with Gasteiger partial charge < -0.3 is 9.52 Å². The minimum Gasteiger partial charge on any atom is -0.475 e. The molecule has 1 aliphatic rings. The predicted octanol–water partition coefficient (Wildman–Crippen LogP) is 3.74. The van der Waals surface area contributed by atoms with Crippen molar-refractivity contribution >= 4 is 28.4 Å². The number of nitrogens with zero attached hydrogens (tertiary/aromatic N) is 3. The Morgan fingerprint density at radius 1 is 1.21 bits per heavy atom. The third kappa shape index (κ3) is 5.01. The van der Waals surface area contributed by atoms with E-state index >= 15 is 0 Å². The van der Waals surface area contributed by atoms with Crippen molar-refractivity contribution in [3.05, 3.63) is 63.6 Å². The van der Waals surface area contributed by atoms with Crippen molar-refractivity contribution in [2.45, 2.75) is 25.7 Å². The zero-order valence-electron chi connectivity index (χ0n) is 17.1. The van der Waals surface area contributed by atoms with Gasteiger partial charge in [-0.1, -0.05) is 18.2 Å². The Hall–Kier alpha value is -3.38. The molecule has 12 heteroatoms. The number of hydrogen-bond donors (Lipinski definition) is 2. The van der Waals surface area contributed by atoms with Crippen LogP contribution < -0.4 is 5.76 Å². The van der Waals surface area contributed by atoms with Crippen molar-refractivity contribution in [2.24, 2.45) is 0 Å². The summed E-state index contributed by atoms with van der Waals surface area (Å²) in [6.07, 6.45) is -4.13. The topological polar surface area (TPSA) is 104 Å². The first kappa shape index (κ1) is 22.8. The first-order valence-corrected chi connectivity index (χ1v) is 10.8. The molecule has 0 radical (unpaired) electrons. The van der Waals surface area contributed by atoms with Crippen LogP contribution in [-0.4, -0.2) is 50.0 Å². The van der Waals surface area contributed by atoms with Crippen molar-refractivity contribution in [3.63, 3.8) is 0 Å². The number of carboxylic acid groups (broad SMARTS) is 1. The van der Waals surface area contributed by atoms with Gasteiger partial charge in [0.1, 0.15) is 5.69 Å². The Morgan fingerprint density at radius 3 is 2.67 bits per heavy atom. The van der Waals surface area contributed by atoms with Crippen molar-refractivity contribution < 1.29 is 27.5 Å². The molecule has 8 nitrogen and oxygen atoms in total. The summed E-state index contributed by atoms with van der Waals surface area (Å²) in [6.45, 7) is 3.24. The van der Waals surface area contributed by atoms with Gasteiger partial charge in [0.15, 0.2) is 5.58 Å². The SMILES string of the molecule is O=C(O)C(F)(F)F.O=c1oc2ccccc2n1CCN1CCc2[nH]nc(-c3cccs3)c2C1. The number of rotatable bonds is 4. The van der Waals surface area contributed by atoms with Gasteiger partial charge >= 0.3 is 17.9 Å². The summed E-state index contributed by atoms with van der Waals surface area (Å²) in [6, 6.07) is 11.7. The van der Waals surface area contributed by atoms with Gasteiger partial charge in [-0.2, -0.15) is 18.3 Å². The molecule has 0 saturated heterocycles. The summed E-state index contributed by atoms with van der Waals surface area (Å²) in [7, 11) is 0. The molecule has 0 atom stereocenters. The highest BCUT2D eigenvalue weighted by Crippen LogP contribution is 2.31. The number of thiophene rings is 1. The van der Waals surface area contributed by atoms with Crippen molar-refractivity contribution in [1.82, 2.24) is 19.7 Å². The van der Waals surface area contributed by atoms with Crippen molar-refractivity contribution in [1.29, 1.82) is 0 Å². The van der Waals surface area contributed by atoms with Crippen LogP contribution in [0.2, 0.25) is 0 Å². The monoisotopic (exact) mass is 480 g/mol. The van der Waals surface area contributed by atoms with Crippen LogP contribution in [0, 0.1) is 0 Å². The number of hydrogen-bond acceptors (Lipinski definition) is 6. The van der Waals surface area contributed by atoms with E-state index in [0.29, 0.717) is 12.1 Å². The van der Waals surface area contributed by atoms with Crippen LogP contribution in [0.5, 0.6) is 0 Å². The van der Waals surface area contributed by atoms with E-state index < -0.39 is 12.1 Å².